The molecule has 2 aromatic rings. The molecule has 2 rings (SSSR count). The second kappa shape index (κ2) is 7.66. The van der Waals surface area contributed by atoms with Crippen LogP contribution in [0.2, 0.25) is 0 Å². The van der Waals surface area contributed by atoms with E-state index in [1.54, 1.807) is 24.3 Å². The van der Waals surface area contributed by atoms with Crippen molar-refractivity contribution in [2.75, 3.05) is 11.1 Å². The number of aliphatic carboxylic acids is 1. The number of anilines is 1. The number of carbonyl (C=O) groups is 2. The Labute approximate surface area is 134 Å². The highest BCUT2D eigenvalue weighted by molar-refractivity contribution is 7.80. The first-order valence-electron chi connectivity index (χ1n) is 6.87. The fraction of sp³-hybridized carbons (Fsp3) is 0.176. The van der Waals surface area contributed by atoms with Crippen molar-refractivity contribution in [3.63, 3.8) is 0 Å². The largest absolute Gasteiger partial charge is 0.480 e. The zero-order chi connectivity index (χ0) is 15.9. The fourth-order valence-corrected chi connectivity index (χ4v) is 2.27. The van der Waals surface area contributed by atoms with Gasteiger partial charge < -0.3 is 10.4 Å². The Bertz CT molecular complexity index is 641. The van der Waals surface area contributed by atoms with Crippen molar-refractivity contribution in [3.05, 3.63) is 65.7 Å². The van der Waals surface area contributed by atoms with Crippen LogP contribution in [0.25, 0.3) is 0 Å². The summed E-state index contributed by atoms with van der Waals surface area (Å²) in [6.07, 6.45) is 0.349. The van der Waals surface area contributed by atoms with Gasteiger partial charge in [0.2, 0.25) is 0 Å². The lowest BCUT2D eigenvalue weighted by atomic mass is 10.0. The number of carbonyl (C=O) groups excluding carboxylic acids is 1. The lowest BCUT2D eigenvalue weighted by molar-refractivity contribution is -0.137. The second-order valence-electron chi connectivity index (χ2n) is 4.88. The summed E-state index contributed by atoms with van der Waals surface area (Å²) in [6, 6.07) is 15.6. The predicted octanol–water partition coefficient (Wildman–Crippen LogP) is 2.91. The van der Waals surface area contributed by atoms with Crippen LogP contribution in [0.5, 0.6) is 0 Å². The Hall–Kier alpha value is -2.27. The fourth-order valence-electron chi connectivity index (χ4n) is 2.02. The lowest BCUT2D eigenvalue weighted by Gasteiger charge is -2.13. The molecule has 0 spiro atoms. The summed E-state index contributed by atoms with van der Waals surface area (Å²) in [5.74, 6) is -0.745. The number of benzene rings is 2. The van der Waals surface area contributed by atoms with Gasteiger partial charge in [0.25, 0.3) is 0 Å². The van der Waals surface area contributed by atoms with E-state index in [9.17, 15) is 9.59 Å². The van der Waals surface area contributed by atoms with Gasteiger partial charge in [0.1, 0.15) is 6.04 Å². The van der Waals surface area contributed by atoms with Gasteiger partial charge in [-0.05, 0) is 29.8 Å². The first-order valence-corrected chi connectivity index (χ1v) is 7.51. The molecule has 2 aromatic carbocycles. The number of Topliss-reactive ketones (excluding diaryl/α,β-unsaturated/α-hetero) is 1. The minimum atomic E-state index is -0.959. The third kappa shape index (κ3) is 4.36. The predicted molar refractivity (Wildman–Crippen MR) is 89.8 cm³/mol. The van der Waals surface area contributed by atoms with E-state index in [2.05, 4.69) is 17.9 Å². The normalized spacial score (nSPS) is 11.7. The van der Waals surface area contributed by atoms with Gasteiger partial charge in [-0.3, -0.25) is 4.79 Å². The van der Waals surface area contributed by atoms with Crippen molar-refractivity contribution < 1.29 is 14.7 Å². The summed E-state index contributed by atoms with van der Waals surface area (Å²) < 4.78 is 0. The molecule has 22 heavy (non-hydrogen) atoms. The van der Waals surface area contributed by atoms with Crippen molar-refractivity contribution in [1.82, 2.24) is 0 Å². The monoisotopic (exact) mass is 315 g/mol. The van der Waals surface area contributed by atoms with Gasteiger partial charge in [-0.15, -0.1) is 0 Å². The Balaban J connectivity index is 2.02. The highest BCUT2D eigenvalue weighted by Gasteiger charge is 2.15. The summed E-state index contributed by atoms with van der Waals surface area (Å²) in [4.78, 5) is 23.1. The molecule has 0 aliphatic heterocycles. The van der Waals surface area contributed by atoms with E-state index in [4.69, 9.17) is 5.11 Å². The standard InChI is InChI=1S/C17H17NO3S/c19-16(10-12-4-2-1-3-5-12)13-6-8-14(9-7-13)18-15(11-22)17(20)21/h1-9,15,18,22H,10-11H2,(H,20,21). The zero-order valence-electron chi connectivity index (χ0n) is 11.9. The van der Waals surface area contributed by atoms with Gasteiger partial charge in [0.15, 0.2) is 5.78 Å². The highest BCUT2D eigenvalue weighted by atomic mass is 32.1. The smallest absolute Gasteiger partial charge is 0.326 e. The molecule has 1 atom stereocenters. The number of thiol groups is 1. The number of hydrogen-bond acceptors (Lipinski definition) is 4. The number of carboxylic acid groups (broad SMARTS) is 1. The average molecular weight is 315 g/mol. The first-order chi connectivity index (χ1) is 10.6. The Morgan fingerprint density at radius 2 is 1.68 bits per heavy atom. The average Bonchev–Trinajstić information content (AvgIpc) is 2.53. The molecule has 0 saturated heterocycles. The molecule has 0 bridgehead atoms. The number of carboxylic acids is 1. The van der Waals surface area contributed by atoms with Crippen LogP contribution < -0.4 is 5.32 Å². The molecule has 0 fully saturated rings. The Morgan fingerprint density at radius 3 is 2.23 bits per heavy atom. The van der Waals surface area contributed by atoms with E-state index in [1.807, 2.05) is 30.3 Å². The molecule has 4 nitrogen and oxygen atoms in total. The van der Waals surface area contributed by atoms with Crippen molar-refractivity contribution >= 4 is 30.1 Å². The number of rotatable bonds is 7. The second-order valence-corrected chi connectivity index (χ2v) is 5.25. The van der Waals surface area contributed by atoms with Crippen molar-refractivity contribution in [2.24, 2.45) is 0 Å². The van der Waals surface area contributed by atoms with E-state index in [0.717, 1.165) is 5.56 Å². The molecule has 0 radical (unpaired) electrons. The molecular weight excluding hydrogens is 298 g/mol. The molecule has 0 aliphatic rings. The van der Waals surface area contributed by atoms with Crippen molar-refractivity contribution in [1.29, 1.82) is 0 Å². The van der Waals surface area contributed by atoms with Gasteiger partial charge in [0, 0.05) is 23.4 Å². The van der Waals surface area contributed by atoms with Crippen LogP contribution in [0.1, 0.15) is 15.9 Å². The van der Waals surface area contributed by atoms with Crippen LogP contribution in [0.15, 0.2) is 54.6 Å². The maximum atomic E-state index is 12.2. The molecule has 0 amide bonds. The van der Waals surface area contributed by atoms with Crippen LogP contribution in [-0.4, -0.2) is 28.7 Å². The molecule has 0 aliphatic carbocycles. The minimum Gasteiger partial charge on any atom is -0.480 e. The summed E-state index contributed by atoms with van der Waals surface area (Å²) in [7, 11) is 0. The van der Waals surface area contributed by atoms with E-state index in [0.29, 0.717) is 17.7 Å². The van der Waals surface area contributed by atoms with Crippen LogP contribution in [-0.2, 0) is 11.2 Å². The van der Waals surface area contributed by atoms with Gasteiger partial charge in [-0.25, -0.2) is 4.79 Å². The van der Waals surface area contributed by atoms with Crippen LogP contribution >= 0.6 is 12.6 Å². The zero-order valence-corrected chi connectivity index (χ0v) is 12.8. The SMILES string of the molecule is O=C(Cc1ccccc1)c1ccc(NC(CS)C(=O)O)cc1. The summed E-state index contributed by atoms with van der Waals surface area (Å²) in [6.45, 7) is 0. The molecule has 1 unspecified atom stereocenters. The van der Waals surface area contributed by atoms with Crippen molar-refractivity contribution in [2.45, 2.75) is 12.5 Å². The van der Waals surface area contributed by atoms with Gasteiger partial charge in [-0.1, -0.05) is 30.3 Å². The molecule has 5 heteroatoms. The molecule has 2 N–H and O–H groups in total. The molecule has 0 saturated carbocycles. The van der Waals surface area contributed by atoms with Crippen molar-refractivity contribution in [3.8, 4) is 0 Å². The van der Waals surface area contributed by atoms with Crippen LogP contribution in [0.3, 0.4) is 0 Å². The minimum absolute atomic E-state index is 0.0294. The maximum absolute atomic E-state index is 12.2. The van der Waals surface area contributed by atoms with E-state index in [-0.39, 0.29) is 11.5 Å². The molecule has 114 valence electrons. The third-order valence-electron chi connectivity index (χ3n) is 3.24. The summed E-state index contributed by atoms with van der Waals surface area (Å²) >= 11 is 4.00. The number of nitrogens with one attached hydrogen (secondary N) is 1. The Morgan fingerprint density at radius 1 is 1.05 bits per heavy atom. The lowest BCUT2D eigenvalue weighted by Crippen LogP contribution is -2.30. The third-order valence-corrected chi connectivity index (χ3v) is 3.60. The first kappa shape index (κ1) is 16.1. The van der Waals surface area contributed by atoms with E-state index >= 15 is 0 Å². The summed E-state index contributed by atoms with van der Waals surface area (Å²) in [5.41, 5.74) is 2.22. The summed E-state index contributed by atoms with van der Waals surface area (Å²) in [5, 5.41) is 11.8. The molecule has 0 aromatic heterocycles. The van der Waals surface area contributed by atoms with Gasteiger partial charge in [-0.2, -0.15) is 12.6 Å². The quantitative estimate of drug-likeness (QED) is 0.543. The number of ketones is 1. The van der Waals surface area contributed by atoms with Gasteiger partial charge in [0.05, 0.1) is 0 Å². The van der Waals surface area contributed by atoms with E-state index < -0.39 is 12.0 Å². The van der Waals surface area contributed by atoms with Crippen LogP contribution in [0, 0.1) is 0 Å². The van der Waals surface area contributed by atoms with Crippen LogP contribution in [0.4, 0.5) is 5.69 Å². The van der Waals surface area contributed by atoms with E-state index in [1.165, 1.54) is 0 Å². The maximum Gasteiger partial charge on any atom is 0.326 e. The van der Waals surface area contributed by atoms with Gasteiger partial charge >= 0.3 is 5.97 Å². The number of hydrogen-bond donors (Lipinski definition) is 3. The molecule has 0 heterocycles. The molecular formula is C17H17NO3S. The topological polar surface area (TPSA) is 66.4 Å². The Kier molecular flexibility index (Phi) is 5.61. The highest BCUT2D eigenvalue weighted by Crippen LogP contribution is 2.14.